The van der Waals surface area contributed by atoms with Gasteiger partial charge in [0.25, 0.3) is 0 Å². The lowest BCUT2D eigenvalue weighted by Gasteiger charge is -2.14. The second kappa shape index (κ2) is 11.0. The van der Waals surface area contributed by atoms with Gasteiger partial charge in [-0.2, -0.15) is 0 Å². The summed E-state index contributed by atoms with van der Waals surface area (Å²) in [7, 11) is 0. The second-order valence-electron chi connectivity index (χ2n) is 12.4. The molecular formula is C45H27N3O. The van der Waals surface area contributed by atoms with E-state index >= 15 is 0 Å². The molecule has 0 spiro atoms. The van der Waals surface area contributed by atoms with Crippen molar-refractivity contribution in [1.29, 1.82) is 0 Å². The Morgan fingerprint density at radius 1 is 0.327 bits per heavy atom. The van der Waals surface area contributed by atoms with Gasteiger partial charge in [-0.15, -0.1) is 0 Å². The van der Waals surface area contributed by atoms with Crippen LogP contribution in [-0.4, -0.2) is 15.0 Å². The number of nitrogens with zero attached hydrogens (tertiary/aromatic N) is 3. The van der Waals surface area contributed by atoms with Gasteiger partial charge in [0.15, 0.2) is 17.5 Å². The maximum atomic E-state index is 6.27. The summed E-state index contributed by atoms with van der Waals surface area (Å²) in [5, 5.41) is 9.03. The van der Waals surface area contributed by atoms with E-state index in [1.54, 1.807) is 0 Å². The number of para-hydroxylation sites is 1. The van der Waals surface area contributed by atoms with E-state index in [1.807, 2.05) is 30.3 Å². The van der Waals surface area contributed by atoms with Crippen molar-refractivity contribution in [3.63, 3.8) is 0 Å². The van der Waals surface area contributed by atoms with Crippen LogP contribution in [0.1, 0.15) is 0 Å². The molecule has 228 valence electrons. The molecule has 0 radical (unpaired) electrons. The maximum absolute atomic E-state index is 6.27. The molecule has 0 atom stereocenters. The Morgan fingerprint density at radius 2 is 0.959 bits per heavy atom. The molecule has 0 saturated heterocycles. The van der Waals surface area contributed by atoms with E-state index in [2.05, 4.69) is 133 Å². The molecule has 49 heavy (non-hydrogen) atoms. The minimum absolute atomic E-state index is 0.604. The predicted octanol–water partition coefficient (Wildman–Crippen LogP) is 11.9. The number of hydrogen-bond donors (Lipinski definition) is 0. The van der Waals surface area contributed by atoms with Crippen LogP contribution in [0.15, 0.2) is 168 Å². The van der Waals surface area contributed by atoms with Crippen LogP contribution in [0.5, 0.6) is 0 Å². The first-order valence-corrected chi connectivity index (χ1v) is 16.4. The fourth-order valence-corrected chi connectivity index (χ4v) is 7.23. The molecule has 0 aliphatic heterocycles. The van der Waals surface area contributed by atoms with Gasteiger partial charge in [-0.25, -0.2) is 15.0 Å². The fourth-order valence-electron chi connectivity index (χ4n) is 7.23. The van der Waals surface area contributed by atoms with E-state index in [9.17, 15) is 0 Å². The molecule has 2 aromatic heterocycles. The average Bonchev–Trinajstić information content (AvgIpc) is 3.56. The van der Waals surface area contributed by atoms with E-state index in [0.29, 0.717) is 17.5 Å². The summed E-state index contributed by atoms with van der Waals surface area (Å²) in [6.45, 7) is 0. The van der Waals surface area contributed by atoms with Crippen molar-refractivity contribution in [2.45, 2.75) is 0 Å². The quantitative estimate of drug-likeness (QED) is 0.183. The molecule has 4 nitrogen and oxygen atoms in total. The third-order valence-electron chi connectivity index (χ3n) is 9.51. The maximum Gasteiger partial charge on any atom is 0.164 e. The molecule has 10 aromatic rings. The number of hydrogen-bond acceptors (Lipinski definition) is 4. The molecule has 0 unspecified atom stereocenters. The third-order valence-corrected chi connectivity index (χ3v) is 9.51. The lowest BCUT2D eigenvalue weighted by atomic mass is 9.92. The van der Waals surface area contributed by atoms with Crippen LogP contribution in [0, 0.1) is 0 Å². The molecule has 0 fully saturated rings. The van der Waals surface area contributed by atoms with Gasteiger partial charge in [0.05, 0.1) is 0 Å². The van der Waals surface area contributed by atoms with Crippen molar-refractivity contribution < 1.29 is 4.42 Å². The first-order valence-electron chi connectivity index (χ1n) is 16.4. The van der Waals surface area contributed by atoms with E-state index in [-0.39, 0.29) is 0 Å². The predicted molar refractivity (Wildman–Crippen MR) is 201 cm³/mol. The van der Waals surface area contributed by atoms with Gasteiger partial charge < -0.3 is 4.42 Å². The number of furan rings is 1. The summed E-state index contributed by atoms with van der Waals surface area (Å²) in [5.74, 6) is 1.85. The first-order chi connectivity index (χ1) is 24.3. The lowest BCUT2D eigenvalue weighted by Crippen LogP contribution is -2.01. The molecule has 2 heterocycles. The summed E-state index contributed by atoms with van der Waals surface area (Å²) in [4.78, 5) is 15.6. The fraction of sp³-hybridized carbons (Fsp3) is 0. The molecule has 0 N–H and O–H groups in total. The number of fused-ring (bicyclic) bond motifs is 7. The Balaban J connectivity index is 1.27. The van der Waals surface area contributed by atoms with Gasteiger partial charge in [-0.05, 0) is 67.7 Å². The van der Waals surface area contributed by atoms with Gasteiger partial charge >= 0.3 is 0 Å². The summed E-state index contributed by atoms with van der Waals surface area (Å²) in [6.07, 6.45) is 0. The average molecular weight is 626 g/mol. The highest BCUT2D eigenvalue weighted by molar-refractivity contribution is 6.15. The van der Waals surface area contributed by atoms with Gasteiger partial charge in [0.2, 0.25) is 0 Å². The van der Waals surface area contributed by atoms with Crippen molar-refractivity contribution in [2.24, 2.45) is 0 Å². The van der Waals surface area contributed by atoms with Crippen LogP contribution >= 0.6 is 0 Å². The van der Waals surface area contributed by atoms with Gasteiger partial charge in [0, 0.05) is 27.5 Å². The summed E-state index contributed by atoms with van der Waals surface area (Å²) in [6, 6.07) is 57.0. The van der Waals surface area contributed by atoms with Crippen LogP contribution in [0.3, 0.4) is 0 Å². The third kappa shape index (κ3) is 4.49. The highest BCUT2D eigenvalue weighted by Crippen LogP contribution is 2.39. The summed E-state index contributed by atoms with van der Waals surface area (Å²) >= 11 is 0. The highest BCUT2D eigenvalue weighted by atomic mass is 16.3. The highest BCUT2D eigenvalue weighted by Gasteiger charge is 2.19. The molecule has 0 saturated carbocycles. The van der Waals surface area contributed by atoms with Crippen molar-refractivity contribution in [3.05, 3.63) is 164 Å². The van der Waals surface area contributed by atoms with Crippen molar-refractivity contribution in [1.82, 2.24) is 15.0 Å². The normalized spacial score (nSPS) is 11.7. The van der Waals surface area contributed by atoms with Crippen LogP contribution in [0.25, 0.3) is 99.5 Å². The topological polar surface area (TPSA) is 51.8 Å². The first kappa shape index (κ1) is 27.5. The zero-order valence-electron chi connectivity index (χ0n) is 26.3. The molecule has 10 rings (SSSR count). The number of aromatic nitrogens is 3. The largest absolute Gasteiger partial charge is 0.456 e. The van der Waals surface area contributed by atoms with E-state index in [4.69, 9.17) is 19.4 Å². The molecule has 0 amide bonds. The van der Waals surface area contributed by atoms with Crippen molar-refractivity contribution in [3.8, 4) is 45.3 Å². The van der Waals surface area contributed by atoms with Crippen LogP contribution in [-0.2, 0) is 0 Å². The zero-order chi connectivity index (χ0) is 32.3. The standard InChI is InChI=1S/C45H27N3O/c1-2-12-29(13-3-1)38-26-30-15-5-7-18-33(30)34-25-24-31(27-39(34)38)43-46-44(35-20-10-16-28-14-4-6-17-32(28)35)48-45(47-43)37-21-11-23-41-42(37)36-19-8-9-22-40(36)49-41/h1-27H. The van der Waals surface area contributed by atoms with E-state index < -0.39 is 0 Å². The number of benzene rings is 8. The Hall–Kier alpha value is -6.65. The minimum atomic E-state index is 0.604. The number of rotatable bonds is 4. The van der Waals surface area contributed by atoms with E-state index in [0.717, 1.165) is 54.8 Å². The summed E-state index contributed by atoms with van der Waals surface area (Å²) < 4.78 is 6.27. The van der Waals surface area contributed by atoms with Gasteiger partial charge in [-0.1, -0.05) is 140 Å². The monoisotopic (exact) mass is 625 g/mol. The van der Waals surface area contributed by atoms with E-state index in [1.165, 1.54) is 27.3 Å². The Bertz CT molecular complexity index is 2890. The van der Waals surface area contributed by atoms with Crippen LogP contribution < -0.4 is 0 Å². The molecule has 0 aliphatic rings. The molecule has 8 aromatic carbocycles. The molecule has 4 heteroatoms. The second-order valence-corrected chi connectivity index (χ2v) is 12.4. The Kier molecular flexibility index (Phi) is 6.15. The van der Waals surface area contributed by atoms with Crippen LogP contribution in [0.2, 0.25) is 0 Å². The van der Waals surface area contributed by atoms with Gasteiger partial charge in [0.1, 0.15) is 11.2 Å². The van der Waals surface area contributed by atoms with Crippen molar-refractivity contribution >= 4 is 54.3 Å². The SMILES string of the molecule is c1ccc(-c2cc3ccccc3c3ccc(-c4nc(-c5cccc6ccccc56)nc(-c5cccc6oc7ccccc7c56)n4)cc23)cc1. The zero-order valence-corrected chi connectivity index (χ0v) is 26.3. The smallest absolute Gasteiger partial charge is 0.164 e. The lowest BCUT2D eigenvalue weighted by molar-refractivity contribution is 0.669. The Labute approximate surface area is 282 Å². The summed E-state index contributed by atoms with van der Waals surface area (Å²) in [5.41, 5.74) is 6.78. The molecular weight excluding hydrogens is 599 g/mol. The minimum Gasteiger partial charge on any atom is -0.456 e. The van der Waals surface area contributed by atoms with Crippen molar-refractivity contribution in [2.75, 3.05) is 0 Å². The Morgan fingerprint density at radius 3 is 1.84 bits per heavy atom. The van der Waals surface area contributed by atoms with Gasteiger partial charge in [-0.3, -0.25) is 0 Å². The van der Waals surface area contributed by atoms with Crippen LogP contribution in [0.4, 0.5) is 0 Å². The molecule has 0 bridgehead atoms. The molecule has 0 aliphatic carbocycles.